The number of carbonyl (C=O) groups is 1. The van der Waals surface area contributed by atoms with Crippen LogP contribution in [0, 0.1) is 5.82 Å². The monoisotopic (exact) mass is 535 g/mol. The van der Waals surface area contributed by atoms with Crippen LogP contribution < -0.4 is 19.8 Å². The molecular formula is C30H27ClFNO5. The van der Waals surface area contributed by atoms with Crippen LogP contribution in [-0.4, -0.2) is 19.6 Å². The lowest BCUT2D eigenvalue weighted by Gasteiger charge is -2.26. The van der Waals surface area contributed by atoms with Gasteiger partial charge in [0.1, 0.15) is 11.4 Å². The zero-order valence-corrected chi connectivity index (χ0v) is 21.9. The molecule has 8 heteroatoms. The van der Waals surface area contributed by atoms with Crippen LogP contribution in [0.25, 0.3) is 11.0 Å². The molecular weight excluding hydrogens is 509 g/mol. The Balaban J connectivity index is 1.63. The molecule has 0 bridgehead atoms. The summed E-state index contributed by atoms with van der Waals surface area (Å²) in [6.45, 7) is 2.71. The third-order valence-corrected chi connectivity index (χ3v) is 6.93. The van der Waals surface area contributed by atoms with Crippen molar-refractivity contribution in [2.24, 2.45) is 0 Å². The highest BCUT2D eigenvalue weighted by Crippen LogP contribution is 2.43. The fourth-order valence-electron chi connectivity index (χ4n) is 4.81. The second kappa shape index (κ2) is 10.9. The van der Waals surface area contributed by atoms with Crippen molar-refractivity contribution in [3.05, 3.63) is 98.6 Å². The van der Waals surface area contributed by atoms with Gasteiger partial charge in [-0.3, -0.25) is 14.5 Å². The molecule has 0 aliphatic carbocycles. The third-order valence-electron chi connectivity index (χ3n) is 6.70. The summed E-state index contributed by atoms with van der Waals surface area (Å²) in [5.41, 5.74) is 1.12. The fourth-order valence-corrected chi connectivity index (χ4v) is 4.99. The van der Waals surface area contributed by atoms with Crippen LogP contribution in [0.3, 0.4) is 0 Å². The molecule has 2 heterocycles. The van der Waals surface area contributed by atoms with Crippen molar-refractivity contribution in [3.63, 3.8) is 0 Å². The molecule has 0 radical (unpaired) electrons. The van der Waals surface area contributed by atoms with Gasteiger partial charge in [-0.2, -0.15) is 0 Å². The number of benzene rings is 3. The van der Waals surface area contributed by atoms with Crippen LogP contribution in [0.1, 0.15) is 60.3 Å². The first-order chi connectivity index (χ1) is 18.4. The van der Waals surface area contributed by atoms with Crippen LogP contribution in [0.4, 0.5) is 10.1 Å². The molecule has 1 amide bonds. The molecule has 5 rings (SSSR count). The number of ether oxygens (including phenoxy) is 2. The fraction of sp³-hybridized carbons (Fsp3) is 0.267. The molecule has 4 aromatic rings. The van der Waals surface area contributed by atoms with Crippen molar-refractivity contribution < 1.29 is 23.1 Å². The molecule has 0 saturated carbocycles. The number of carbonyl (C=O) groups excluding carboxylic acids is 1. The van der Waals surface area contributed by atoms with E-state index in [1.165, 1.54) is 35.2 Å². The molecule has 1 atom stereocenters. The van der Waals surface area contributed by atoms with E-state index in [0.29, 0.717) is 34.4 Å². The van der Waals surface area contributed by atoms with E-state index < -0.39 is 17.8 Å². The van der Waals surface area contributed by atoms with Gasteiger partial charge in [0.25, 0.3) is 5.91 Å². The van der Waals surface area contributed by atoms with Gasteiger partial charge in [0.05, 0.1) is 30.7 Å². The normalized spacial score (nSPS) is 14.7. The third kappa shape index (κ3) is 4.74. The molecule has 1 aromatic heterocycles. The highest BCUT2D eigenvalue weighted by Gasteiger charge is 2.44. The van der Waals surface area contributed by atoms with Crippen LogP contribution in [0.5, 0.6) is 11.5 Å². The van der Waals surface area contributed by atoms with E-state index in [-0.39, 0.29) is 27.7 Å². The summed E-state index contributed by atoms with van der Waals surface area (Å²) in [5, 5.41) is 0.650. The van der Waals surface area contributed by atoms with E-state index >= 15 is 0 Å². The minimum Gasteiger partial charge on any atom is -0.493 e. The maximum atomic E-state index is 13.8. The summed E-state index contributed by atoms with van der Waals surface area (Å²) in [6.07, 6.45) is 4.30. The van der Waals surface area contributed by atoms with Crippen molar-refractivity contribution in [1.29, 1.82) is 0 Å². The highest BCUT2D eigenvalue weighted by molar-refractivity contribution is 6.31. The summed E-state index contributed by atoms with van der Waals surface area (Å²) < 4.78 is 31.3. The number of nitrogens with zero attached hydrogens (tertiary/aromatic N) is 1. The maximum absolute atomic E-state index is 13.8. The van der Waals surface area contributed by atoms with Gasteiger partial charge < -0.3 is 13.9 Å². The zero-order valence-electron chi connectivity index (χ0n) is 21.1. The Hall–Kier alpha value is -3.84. The quantitative estimate of drug-likeness (QED) is 0.210. The smallest absolute Gasteiger partial charge is 0.295 e. The van der Waals surface area contributed by atoms with Gasteiger partial charge in [-0.25, -0.2) is 4.39 Å². The van der Waals surface area contributed by atoms with Gasteiger partial charge in [-0.05, 0) is 66.6 Å². The number of halogens is 2. The number of methoxy groups -OCH3 is 1. The first-order valence-corrected chi connectivity index (χ1v) is 13.0. The van der Waals surface area contributed by atoms with Gasteiger partial charge in [0.2, 0.25) is 5.76 Å². The van der Waals surface area contributed by atoms with E-state index in [4.69, 9.17) is 25.5 Å². The van der Waals surface area contributed by atoms with Crippen molar-refractivity contribution in [3.8, 4) is 11.5 Å². The molecule has 3 aromatic carbocycles. The Labute approximate surface area is 224 Å². The Bertz CT molecular complexity index is 1550. The topological polar surface area (TPSA) is 69.0 Å². The Morgan fingerprint density at radius 3 is 2.50 bits per heavy atom. The number of hydrogen-bond acceptors (Lipinski definition) is 5. The van der Waals surface area contributed by atoms with E-state index in [1.807, 2.05) is 0 Å². The molecule has 196 valence electrons. The number of hydrogen-bond donors (Lipinski definition) is 0. The first-order valence-electron chi connectivity index (χ1n) is 12.6. The zero-order chi connectivity index (χ0) is 26.8. The van der Waals surface area contributed by atoms with Gasteiger partial charge in [-0.15, -0.1) is 0 Å². The molecule has 6 nitrogen and oxygen atoms in total. The summed E-state index contributed by atoms with van der Waals surface area (Å²) in [4.78, 5) is 28.9. The molecule has 0 N–H and O–H groups in total. The second-order valence-corrected chi connectivity index (χ2v) is 9.62. The summed E-state index contributed by atoms with van der Waals surface area (Å²) in [7, 11) is 1.54. The summed E-state index contributed by atoms with van der Waals surface area (Å²) in [5.74, 6) is 0.0513. The average Bonchev–Trinajstić information content (AvgIpc) is 3.22. The SMILES string of the molecule is CCCCCCOc1ccc(C2c3c(oc4ccc(Cl)cc4c3=O)C(=O)N2c2ccc(F)cc2)cc1OC. The molecule has 0 fully saturated rings. The number of fused-ring (bicyclic) bond motifs is 2. The molecule has 1 aliphatic heterocycles. The van der Waals surface area contributed by atoms with Crippen LogP contribution in [0.2, 0.25) is 5.02 Å². The maximum Gasteiger partial charge on any atom is 0.295 e. The number of amides is 1. The summed E-state index contributed by atoms with van der Waals surface area (Å²) in [6, 6.07) is 14.7. The molecule has 0 spiro atoms. The van der Waals surface area contributed by atoms with E-state index in [2.05, 4.69) is 6.92 Å². The summed E-state index contributed by atoms with van der Waals surface area (Å²) >= 11 is 6.17. The van der Waals surface area contributed by atoms with E-state index in [0.717, 1.165) is 25.7 Å². The Kier molecular flexibility index (Phi) is 7.38. The van der Waals surface area contributed by atoms with Crippen LogP contribution >= 0.6 is 11.6 Å². The van der Waals surface area contributed by atoms with Crippen molar-refractivity contribution in [2.75, 3.05) is 18.6 Å². The minimum atomic E-state index is -0.838. The predicted molar refractivity (Wildman–Crippen MR) is 145 cm³/mol. The Morgan fingerprint density at radius 2 is 1.76 bits per heavy atom. The molecule has 1 aliphatic rings. The lowest BCUT2D eigenvalue weighted by Crippen LogP contribution is -2.29. The molecule has 0 saturated heterocycles. The van der Waals surface area contributed by atoms with E-state index in [1.54, 1.807) is 37.4 Å². The number of anilines is 1. The van der Waals surface area contributed by atoms with E-state index in [9.17, 15) is 14.0 Å². The average molecular weight is 536 g/mol. The standard InChI is InChI=1S/C30H27ClFNO5/c1-3-4-5-6-15-37-24-13-7-18(16-25(24)36-2)27-26-28(34)22-17-19(31)8-14-23(22)38-29(26)30(35)33(27)21-11-9-20(32)10-12-21/h7-14,16-17,27H,3-6,15H2,1-2H3. The van der Waals surface area contributed by atoms with Crippen molar-refractivity contribution in [1.82, 2.24) is 0 Å². The predicted octanol–water partition coefficient (Wildman–Crippen LogP) is 7.30. The largest absolute Gasteiger partial charge is 0.493 e. The van der Waals surface area contributed by atoms with Crippen LogP contribution in [0.15, 0.2) is 69.9 Å². The Morgan fingerprint density at radius 1 is 0.974 bits per heavy atom. The lowest BCUT2D eigenvalue weighted by atomic mass is 9.97. The van der Waals surface area contributed by atoms with Gasteiger partial charge in [0, 0.05) is 10.7 Å². The van der Waals surface area contributed by atoms with Crippen molar-refractivity contribution in [2.45, 2.75) is 38.6 Å². The first kappa shape index (κ1) is 25.8. The van der Waals surface area contributed by atoms with Gasteiger partial charge in [0.15, 0.2) is 16.9 Å². The van der Waals surface area contributed by atoms with Crippen LogP contribution in [-0.2, 0) is 0 Å². The number of unbranched alkanes of at least 4 members (excludes halogenated alkanes) is 3. The van der Waals surface area contributed by atoms with Gasteiger partial charge in [-0.1, -0.05) is 43.9 Å². The highest BCUT2D eigenvalue weighted by atomic mass is 35.5. The van der Waals surface area contributed by atoms with Gasteiger partial charge >= 0.3 is 0 Å². The minimum absolute atomic E-state index is 0.0608. The molecule has 1 unspecified atom stereocenters. The molecule has 38 heavy (non-hydrogen) atoms. The lowest BCUT2D eigenvalue weighted by molar-refractivity contribution is 0.0971. The van der Waals surface area contributed by atoms with Crippen molar-refractivity contribution >= 4 is 34.2 Å². The number of rotatable bonds is 9. The second-order valence-electron chi connectivity index (χ2n) is 9.19.